The summed E-state index contributed by atoms with van der Waals surface area (Å²) in [5, 5.41) is 7.05. The average molecular weight is 338 g/mol. The third-order valence-corrected chi connectivity index (χ3v) is 3.75. The van der Waals surface area contributed by atoms with E-state index in [1.165, 1.54) is 22.9 Å². The van der Waals surface area contributed by atoms with Crippen LogP contribution in [-0.4, -0.2) is 13.3 Å². The Hall–Kier alpha value is -2.35. The van der Waals surface area contributed by atoms with Crippen LogP contribution in [0.15, 0.2) is 54.6 Å². The highest BCUT2D eigenvalue weighted by Gasteiger charge is 2.12. The van der Waals surface area contributed by atoms with Crippen LogP contribution in [-0.2, 0) is 12.8 Å². The molecule has 0 unspecified atom stereocenters. The van der Waals surface area contributed by atoms with Crippen molar-refractivity contribution < 1.29 is 4.74 Å². The van der Waals surface area contributed by atoms with Gasteiger partial charge in [-0.1, -0.05) is 76.2 Å². The van der Waals surface area contributed by atoms with E-state index in [1.807, 2.05) is 19.9 Å². The van der Waals surface area contributed by atoms with E-state index in [1.54, 1.807) is 13.2 Å². The van der Waals surface area contributed by atoms with Gasteiger partial charge in [0.2, 0.25) is 0 Å². The quantitative estimate of drug-likeness (QED) is 0.588. The molecule has 2 heteroatoms. The second kappa shape index (κ2) is 11.2. The van der Waals surface area contributed by atoms with Crippen LogP contribution in [0.3, 0.4) is 0 Å². The molecule has 2 aromatic rings. The van der Waals surface area contributed by atoms with Gasteiger partial charge in [-0.05, 0) is 41.5 Å². The highest BCUT2D eigenvalue weighted by atomic mass is 16.5. The molecule has 0 aromatic heterocycles. The number of ether oxygens (including phenoxy) is 1. The van der Waals surface area contributed by atoms with Crippen molar-refractivity contribution >= 4 is 6.21 Å². The highest BCUT2D eigenvalue weighted by Crippen LogP contribution is 2.34. The fraction of sp³-hybridized carbons (Fsp3) is 0.348. The van der Waals surface area contributed by atoms with E-state index < -0.39 is 0 Å². The lowest BCUT2D eigenvalue weighted by atomic mass is 9.95. The molecule has 0 aliphatic heterocycles. The van der Waals surface area contributed by atoms with Crippen molar-refractivity contribution in [3.05, 3.63) is 65.7 Å². The number of rotatable bonds is 7. The summed E-state index contributed by atoms with van der Waals surface area (Å²) < 4.78 is 5.73. The minimum Gasteiger partial charge on any atom is -0.496 e. The standard InChI is InChI=1S/C21H25NO.C2H6/c1-16(2)14-19-11-7-12-20(21(19)23-3)18-10-6-9-17(15-18)8-4-5-13-22;1-2/h4-7,9-13,15-16,22H,8,14H2,1-3H3;1-2H3/b5-4-,22-13?;. The van der Waals surface area contributed by atoms with Gasteiger partial charge in [0, 0.05) is 11.8 Å². The molecule has 0 atom stereocenters. The monoisotopic (exact) mass is 337 g/mol. The summed E-state index contributed by atoms with van der Waals surface area (Å²) in [4.78, 5) is 0. The van der Waals surface area contributed by atoms with Crippen molar-refractivity contribution in [3.8, 4) is 16.9 Å². The molecule has 25 heavy (non-hydrogen) atoms. The predicted molar refractivity (Wildman–Crippen MR) is 110 cm³/mol. The van der Waals surface area contributed by atoms with Crippen LogP contribution in [0.4, 0.5) is 0 Å². The van der Waals surface area contributed by atoms with Crippen LogP contribution in [0.1, 0.15) is 38.8 Å². The van der Waals surface area contributed by atoms with E-state index in [2.05, 4.69) is 56.3 Å². The topological polar surface area (TPSA) is 33.1 Å². The second-order valence-corrected chi connectivity index (χ2v) is 6.10. The molecule has 0 fully saturated rings. The molecule has 0 amide bonds. The minimum absolute atomic E-state index is 0.594. The summed E-state index contributed by atoms with van der Waals surface area (Å²) in [5.41, 5.74) is 4.81. The predicted octanol–water partition coefficient (Wildman–Crippen LogP) is 6.34. The first kappa shape index (κ1) is 20.7. The van der Waals surface area contributed by atoms with Crippen molar-refractivity contribution in [1.29, 1.82) is 5.41 Å². The highest BCUT2D eigenvalue weighted by molar-refractivity contribution is 5.73. The van der Waals surface area contributed by atoms with Crippen LogP contribution in [0, 0.1) is 11.3 Å². The first-order valence-corrected chi connectivity index (χ1v) is 9.06. The summed E-state index contributed by atoms with van der Waals surface area (Å²) in [6.07, 6.45) is 6.91. The SMILES string of the molecule is CC.COc1c(CC(C)C)cccc1-c1cccc(C/C=C\C=N)c1. The fourth-order valence-corrected chi connectivity index (χ4v) is 2.79. The molecule has 0 heterocycles. The smallest absolute Gasteiger partial charge is 0.129 e. The number of para-hydroxylation sites is 1. The van der Waals surface area contributed by atoms with E-state index in [-0.39, 0.29) is 0 Å². The molecule has 0 spiro atoms. The summed E-state index contributed by atoms with van der Waals surface area (Å²) >= 11 is 0. The number of allylic oxidation sites excluding steroid dienone is 2. The van der Waals surface area contributed by atoms with Gasteiger partial charge in [-0.2, -0.15) is 0 Å². The first-order chi connectivity index (χ1) is 12.2. The molecule has 0 saturated carbocycles. The zero-order valence-electron chi connectivity index (χ0n) is 16.2. The van der Waals surface area contributed by atoms with Gasteiger partial charge in [0.15, 0.2) is 0 Å². The maximum Gasteiger partial charge on any atom is 0.129 e. The van der Waals surface area contributed by atoms with E-state index in [9.17, 15) is 0 Å². The van der Waals surface area contributed by atoms with Gasteiger partial charge in [0.1, 0.15) is 5.75 Å². The minimum atomic E-state index is 0.594. The van der Waals surface area contributed by atoms with Gasteiger partial charge < -0.3 is 10.1 Å². The van der Waals surface area contributed by atoms with E-state index in [0.29, 0.717) is 5.92 Å². The Morgan fingerprint density at radius 2 is 1.80 bits per heavy atom. The molecule has 2 aromatic carbocycles. The molecule has 0 radical (unpaired) electrons. The molecule has 1 N–H and O–H groups in total. The fourth-order valence-electron chi connectivity index (χ4n) is 2.79. The van der Waals surface area contributed by atoms with Crippen molar-refractivity contribution in [2.24, 2.45) is 5.92 Å². The summed E-state index contributed by atoms with van der Waals surface area (Å²) in [7, 11) is 1.75. The molecule has 2 rings (SSSR count). The first-order valence-electron chi connectivity index (χ1n) is 9.06. The lowest BCUT2D eigenvalue weighted by Gasteiger charge is -2.15. The Bertz CT molecular complexity index is 686. The molecule has 134 valence electrons. The Kier molecular flexibility index (Phi) is 9.31. The second-order valence-electron chi connectivity index (χ2n) is 6.10. The number of nitrogens with one attached hydrogen (secondary N) is 1. The number of hydrogen-bond donors (Lipinski definition) is 1. The van der Waals surface area contributed by atoms with Gasteiger partial charge in [0.25, 0.3) is 0 Å². The molecule has 2 nitrogen and oxygen atoms in total. The van der Waals surface area contributed by atoms with Gasteiger partial charge in [-0.3, -0.25) is 0 Å². The lowest BCUT2D eigenvalue weighted by Crippen LogP contribution is -1.99. The molecule has 0 saturated heterocycles. The van der Waals surface area contributed by atoms with E-state index >= 15 is 0 Å². The molecule has 0 aliphatic carbocycles. The van der Waals surface area contributed by atoms with Crippen molar-refractivity contribution in [3.63, 3.8) is 0 Å². The number of benzene rings is 2. The molecular formula is C23H31NO. The van der Waals surface area contributed by atoms with E-state index in [4.69, 9.17) is 10.1 Å². The summed E-state index contributed by atoms with van der Waals surface area (Å²) in [5.74, 6) is 1.57. The maximum atomic E-state index is 7.05. The zero-order chi connectivity index (χ0) is 18.7. The van der Waals surface area contributed by atoms with E-state index in [0.717, 1.165) is 24.2 Å². The molecular weight excluding hydrogens is 306 g/mol. The summed E-state index contributed by atoms with van der Waals surface area (Å²) in [6.45, 7) is 8.45. The van der Waals surface area contributed by atoms with Crippen molar-refractivity contribution in [2.75, 3.05) is 7.11 Å². The van der Waals surface area contributed by atoms with Gasteiger partial charge in [-0.15, -0.1) is 0 Å². The third kappa shape index (κ3) is 6.22. The Labute approximate surface area is 153 Å². The molecule has 0 aliphatic rings. The average Bonchev–Trinajstić information content (AvgIpc) is 2.63. The van der Waals surface area contributed by atoms with Crippen molar-refractivity contribution in [1.82, 2.24) is 0 Å². The van der Waals surface area contributed by atoms with Crippen LogP contribution in [0.5, 0.6) is 5.75 Å². The van der Waals surface area contributed by atoms with Crippen LogP contribution >= 0.6 is 0 Å². The van der Waals surface area contributed by atoms with Crippen LogP contribution in [0.2, 0.25) is 0 Å². The molecule has 0 bridgehead atoms. The van der Waals surface area contributed by atoms with Crippen molar-refractivity contribution in [2.45, 2.75) is 40.5 Å². The van der Waals surface area contributed by atoms with Gasteiger partial charge in [0.05, 0.1) is 7.11 Å². The Morgan fingerprint density at radius 3 is 2.44 bits per heavy atom. The lowest BCUT2D eigenvalue weighted by molar-refractivity contribution is 0.408. The Balaban J connectivity index is 0.00000151. The number of methoxy groups -OCH3 is 1. The zero-order valence-corrected chi connectivity index (χ0v) is 16.2. The largest absolute Gasteiger partial charge is 0.496 e. The van der Waals surface area contributed by atoms with Gasteiger partial charge in [-0.25, -0.2) is 0 Å². The normalized spacial score (nSPS) is 10.5. The number of hydrogen-bond acceptors (Lipinski definition) is 2. The van der Waals surface area contributed by atoms with Crippen LogP contribution < -0.4 is 4.74 Å². The van der Waals surface area contributed by atoms with Crippen LogP contribution in [0.25, 0.3) is 11.1 Å². The Morgan fingerprint density at radius 1 is 1.08 bits per heavy atom. The maximum absolute atomic E-state index is 7.05. The van der Waals surface area contributed by atoms with Gasteiger partial charge >= 0.3 is 0 Å². The summed E-state index contributed by atoms with van der Waals surface area (Å²) in [6, 6.07) is 14.9. The third-order valence-electron chi connectivity index (χ3n) is 3.75.